The zero-order chi connectivity index (χ0) is 20.4. The van der Waals surface area contributed by atoms with Gasteiger partial charge in [-0.15, -0.1) is 21.5 Å². The van der Waals surface area contributed by atoms with E-state index >= 15 is 0 Å². The molecule has 1 unspecified atom stereocenters. The van der Waals surface area contributed by atoms with Crippen LogP contribution in [0.5, 0.6) is 0 Å². The Hall–Kier alpha value is -2.29. The van der Waals surface area contributed by atoms with Crippen molar-refractivity contribution in [3.63, 3.8) is 0 Å². The van der Waals surface area contributed by atoms with Crippen molar-refractivity contribution in [3.8, 4) is 0 Å². The highest BCUT2D eigenvalue weighted by molar-refractivity contribution is 7.13. The van der Waals surface area contributed by atoms with Crippen molar-refractivity contribution in [2.24, 2.45) is 5.92 Å². The Labute approximate surface area is 169 Å². The van der Waals surface area contributed by atoms with Crippen LogP contribution >= 0.6 is 11.3 Å². The van der Waals surface area contributed by atoms with Crippen molar-refractivity contribution in [2.45, 2.75) is 60.0 Å². The van der Waals surface area contributed by atoms with E-state index in [0.717, 1.165) is 28.8 Å². The minimum Gasteiger partial charge on any atom is -0.346 e. The van der Waals surface area contributed by atoms with E-state index in [1.165, 1.54) is 18.3 Å². The second-order valence-electron chi connectivity index (χ2n) is 7.70. The van der Waals surface area contributed by atoms with Crippen molar-refractivity contribution < 1.29 is 9.59 Å². The highest BCUT2D eigenvalue weighted by atomic mass is 32.1. The van der Waals surface area contributed by atoms with Gasteiger partial charge in [-0.3, -0.25) is 9.59 Å². The first-order chi connectivity index (χ1) is 13.3. The van der Waals surface area contributed by atoms with Gasteiger partial charge in [-0.25, -0.2) is 4.98 Å². The second-order valence-corrected chi connectivity index (χ2v) is 8.90. The molecule has 9 heteroatoms. The Morgan fingerprint density at radius 2 is 1.93 bits per heavy atom. The summed E-state index contributed by atoms with van der Waals surface area (Å²) in [6.07, 6.45) is 1.43. The summed E-state index contributed by atoms with van der Waals surface area (Å²) >= 11 is 1.45. The van der Waals surface area contributed by atoms with Crippen LogP contribution in [-0.2, 0) is 17.8 Å². The van der Waals surface area contributed by atoms with Crippen LogP contribution in [-0.4, -0.2) is 49.6 Å². The molecule has 2 aromatic heterocycles. The van der Waals surface area contributed by atoms with E-state index in [0.29, 0.717) is 36.9 Å². The Balaban J connectivity index is 1.79. The molecule has 0 aliphatic carbocycles. The molecule has 0 fully saturated rings. The minimum atomic E-state index is -0.174. The van der Waals surface area contributed by atoms with Gasteiger partial charge < -0.3 is 14.8 Å². The SMILES string of the molecule is CC(=O)NC(CC(C)C)c1nnc2n1CCN(C(=O)c1sc(C)nc1C)CC2. The van der Waals surface area contributed by atoms with Crippen LogP contribution < -0.4 is 5.32 Å². The van der Waals surface area contributed by atoms with Gasteiger partial charge in [-0.05, 0) is 26.2 Å². The maximum atomic E-state index is 13.0. The predicted octanol–water partition coefficient (Wildman–Crippen LogP) is 2.27. The molecule has 1 aliphatic heterocycles. The van der Waals surface area contributed by atoms with Crippen molar-refractivity contribution >= 4 is 23.2 Å². The van der Waals surface area contributed by atoms with Crippen LogP contribution in [0.2, 0.25) is 0 Å². The average Bonchev–Trinajstić information content (AvgIpc) is 3.08. The number of carbonyl (C=O) groups is 2. The van der Waals surface area contributed by atoms with Crippen LogP contribution in [0.15, 0.2) is 0 Å². The Bertz CT molecular complexity index is 872. The molecule has 0 aromatic carbocycles. The molecule has 3 heterocycles. The number of rotatable bonds is 5. The lowest BCUT2D eigenvalue weighted by Crippen LogP contribution is -2.34. The van der Waals surface area contributed by atoms with Gasteiger partial charge in [0.15, 0.2) is 5.82 Å². The Morgan fingerprint density at radius 1 is 1.18 bits per heavy atom. The second kappa shape index (κ2) is 8.38. The first kappa shape index (κ1) is 20.4. The molecule has 0 radical (unpaired) electrons. The van der Waals surface area contributed by atoms with E-state index in [1.807, 2.05) is 18.7 Å². The van der Waals surface area contributed by atoms with E-state index in [1.54, 1.807) is 0 Å². The number of hydrogen-bond donors (Lipinski definition) is 1. The number of nitrogens with one attached hydrogen (secondary N) is 1. The van der Waals surface area contributed by atoms with Crippen molar-refractivity contribution in [1.82, 2.24) is 30.0 Å². The highest BCUT2D eigenvalue weighted by Crippen LogP contribution is 2.24. The fourth-order valence-corrected chi connectivity index (χ4v) is 4.51. The van der Waals surface area contributed by atoms with Crippen LogP contribution in [0.1, 0.15) is 65.3 Å². The van der Waals surface area contributed by atoms with E-state index in [9.17, 15) is 9.59 Å². The van der Waals surface area contributed by atoms with Crippen LogP contribution in [0, 0.1) is 19.8 Å². The van der Waals surface area contributed by atoms with Crippen LogP contribution in [0.3, 0.4) is 0 Å². The normalized spacial score (nSPS) is 15.3. The molecular weight excluding hydrogens is 376 g/mol. The first-order valence-corrected chi connectivity index (χ1v) is 10.5. The number of nitrogens with zero attached hydrogens (tertiary/aromatic N) is 5. The standard InChI is InChI=1S/C19H28N6O2S/c1-11(2)10-15(21-13(4)26)18-23-22-16-6-7-24(8-9-25(16)18)19(27)17-12(3)20-14(5)28-17/h11,15H,6-10H2,1-5H3,(H,21,26). The molecule has 0 saturated heterocycles. The summed E-state index contributed by atoms with van der Waals surface area (Å²) in [5, 5.41) is 12.6. The predicted molar refractivity (Wildman–Crippen MR) is 107 cm³/mol. The number of thiazole rings is 1. The first-order valence-electron chi connectivity index (χ1n) is 9.68. The molecule has 0 spiro atoms. The number of fused-ring (bicyclic) bond motifs is 1. The molecule has 2 aromatic rings. The molecule has 28 heavy (non-hydrogen) atoms. The molecule has 1 N–H and O–H groups in total. The van der Waals surface area contributed by atoms with Crippen molar-refractivity contribution in [1.29, 1.82) is 0 Å². The molecular formula is C19H28N6O2S. The lowest BCUT2D eigenvalue weighted by atomic mass is 10.0. The summed E-state index contributed by atoms with van der Waals surface area (Å²) in [4.78, 5) is 31.6. The van der Waals surface area contributed by atoms with Gasteiger partial charge in [0.05, 0.1) is 16.7 Å². The molecule has 0 bridgehead atoms. The summed E-state index contributed by atoms with van der Waals surface area (Å²) in [6.45, 7) is 11.4. The van der Waals surface area contributed by atoms with Crippen molar-refractivity contribution in [3.05, 3.63) is 27.2 Å². The smallest absolute Gasteiger partial charge is 0.265 e. The average molecular weight is 405 g/mol. The Morgan fingerprint density at radius 3 is 2.54 bits per heavy atom. The zero-order valence-electron chi connectivity index (χ0n) is 17.2. The van der Waals surface area contributed by atoms with Gasteiger partial charge in [0.1, 0.15) is 10.7 Å². The zero-order valence-corrected chi connectivity index (χ0v) is 18.0. The molecule has 8 nitrogen and oxygen atoms in total. The van der Waals surface area contributed by atoms with Crippen LogP contribution in [0.4, 0.5) is 0 Å². The molecule has 1 aliphatic rings. The third-order valence-corrected chi connectivity index (χ3v) is 5.90. The van der Waals surface area contributed by atoms with Gasteiger partial charge in [0, 0.05) is 33.0 Å². The number of amides is 2. The van der Waals surface area contributed by atoms with Gasteiger partial charge in [0.2, 0.25) is 5.91 Å². The molecule has 152 valence electrons. The van der Waals surface area contributed by atoms with E-state index in [4.69, 9.17) is 0 Å². The monoisotopic (exact) mass is 404 g/mol. The summed E-state index contributed by atoms with van der Waals surface area (Å²) in [5.74, 6) is 2.00. The van der Waals surface area contributed by atoms with Gasteiger partial charge in [0.25, 0.3) is 5.91 Å². The number of carbonyl (C=O) groups excluding carboxylic acids is 2. The third-order valence-electron chi connectivity index (χ3n) is 4.84. The van der Waals surface area contributed by atoms with Gasteiger partial charge in [-0.1, -0.05) is 13.8 Å². The van der Waals surface area contributed by atoms with Gasteiger partial charge in [-0.2, -0.15) is 0 Å². The number of hydrogen-bond acceptors (Lipinski definition) is 6. The Kier molecular flexibility index (Phi) is 6.12. The van der Waals surface area contributed by atoms with E-state index < -0.39 is 0 Å². The maximum Gasteiger partial charge on any atom is 0.265 e. The molecule has 1 atom stereocenters. The summed E-state index contributed by atoms with van der Waals surface area (Å²) in [5.41, 5.74) is 0.791. The van der Waals surface area contributed by atoms with E-state index in [2.05, 4.69) is 38.9 Å². The lowest BCUT2D eigenvalue weighted by molar-refractivity contribution is -0.119. The lowest BCUT2D eigenvalue weighted by Gasteiger charge is -2.22. The fourth-order valence-electron chi connectivity index (χ4n) is 3.63. The van der Waals surface area contributed by atoms with Crippen molar-refractivity contribution in [2.75, 3.05) is 13.1 Å². The summed E-state index contributed by atoms with van der Waals surface area (Å²) in [6, 6.07) is -0.174. The number of aromatic nitrogens is 4. The fraction of sp³-hybridized carbons (Fsp3) is 0.632. The minimum absolute atomic E-state index is 0.0314. The summed E-state index contributed by atoms with van der Waals surface area (Å²) < 4.78 is 2.07. The third kappa shape index (κ3) is 4.40. The van der Waals surface area contributed by atoms with Crippen LogP contribution in [0.25, 0.3) is 0 Å². The molecule has 0 saturated carbocycles. The summed E-state index contributed by atoms with van der Waals surface area (Å²) in [7, 11) is 0. The molecule has 2 amide bonds. The topological polar surface area (TPSA) is 93.0 Å². The van der Waals surface area contributed by atoms with E-state index in [-0.39, 0.29) is 17.9 Å². The molecule has 3 rings (SSSR count). The number of aryl methyl sites for hydroxylation is 2. The maximum absolute atomic E-state index is 13.0. The highest BCUT2D eigenvalue weighted by Gasteiger charge is 2.28. The van der Waals surface area contributed by atoms with Gasteiger partial charge >= 0.3 is 0 Å². The quantitative estimate of drug-likeness (QED) is 0.825. The largest absolute Gasteiger partial charge is 0.346 e.